The predicted octanol–water partition coefficient (Wildman–Crippen LogP) is 4.65. The van der Waals surface area contributed by atoms with E-state index in [1.54, 1.807) is 0 Å². The fourth-order valence-corrected chi connectivity index (χ4v) is 2.46. The van der Waals surface area contributed by atoms with Crippen LogP contribution in [0.5, 0.6) is 0 Å². The van der Waals surface area contributed by atoms with Gasteiger partial charge in [0.15, 0.2) is 0 Å². The average molecular weight is 253 g/mol. The van der Waals surface area contributed by atoms with Crippen LogP contribution in [0, 0.1) is 0 Å². The highest BCUT2D eigenvalue weighted by atomic mass is 16.3. The third-order valence-electron chi connectivity index (χ3n) is 3.56. The summed E-state index contributed by atoms with van der Waals surface area (Å²) in [6, 6.07) is 15.1. The summed E-state index contributed by atoms with van der Waals surface area (Å²) < 4.78 is 6.08. The normalized spacial score (nSPS) is 13.2. The van der Waals surface area contributed by atoms with Crippen LogP contribution in [0.15, 0.2) is 46.9 Å². The summed E-state index contributed by atoms with van der Waals surface area (Å²) in [5.74, 6) is 1.01. The van der Waals surface area contributed by atoms with Gasteiger partial charge in [0.1, 0.15) is 11.3 Å². The number of hydrogen-bond acceptors (Lipinski definition) is 2. The van der Waals surface area contributed by atoms with E-state index >= 15 is 0 Å². The molecule has 0 aliphatic rings. The standard InChI is InChI=1S/C17H19NO/c1-3-10-18-12(2)16-11-14-9-8-13-6-4-5-7-15(13)17(14)19-16/h4-9,11-12,18H,3,10H2,1-2H3. The van der Waals surface area contributed by atoms with E-state index < -0.39 is 0 Å². The maximum Gasteiger partial charge on any atom is 0.142 e. The van der Waals surface area contributed by atoms with E-state index in [9.17, 15) is 0 Å². The lowest BCUT2D eigenvalue weighted by atomic mass is 10.1. The van der Waals surface area contributed by atoms with Crippen molar-refractivity contribution in [2.45, 2.75) is 26.3 Å². The third-order valence-corrected chi connectivity index (χ3v) is 3.56. The van der Waals surface area contributed by atoms with E-state index in [2.05, 4.69) is 61.6 Å². The van der Waals surface area contributed by atoms with E-state index in [0.29, 0.717) is 0 Å². The molecule has 2 nitrogen and oxygen atoms in total. The quantitative estimate of drug-likeness (QED) is 0.732. The minimum atomic E-state index is 0.256. The molecule has 1 N–H and O–H groups in total. The Morgan fingerprint density at radius 1 is 1.11 bits per heavy atom. The molecule has 1 atom stereocenters. The van der Waals surface area contributed by atoms with E-state index in [4.69, 9.17) is 4.42 Å². The van der Waals surface area contributed by atoms with Crippen molar-refractivity contribution in [1.29, 1.82) is 0 Å². The van der Waals surface area contributed by atoms with Gasteiger partial charge in [-0.2, -0.15) is 0 Å². The second-order valence-corrected chi connectivity index (χ2v) is 5.03. The highest BCUT2D eigenvalue weighted by Crippen LogP contribution is 2.30. The Balaban J connectivity index is 2.07. The Kier molecular flexibility index (Phi) is 3.26. The molecular weight excluding hydrogens is 234 g/mol. The Morgan fingerprint density at radius 2 is 1.89 bits per heavy atom. The minimum absolute atomic E-state index is 0.256. The largest absolute Gasteiger partial charge is 0.459 e. The molecule has 1 aromatic heterocycles. The average Bonchev–Trinajstić information content (AvgIpc) is 2.89. The number of furan rings is 1. The van der Waals surface area contributed by atoms with Gasteiger partial charge in [-0.05, 0) is 31.3 Å². The van der Waals surface area contributed by atoms with Crippen molar-refractivity contribution in [1.82, 2.24) is 5.32 Å². The fourth-order valence-electron chi connectivity index (χ4n) is 2.46. The molecule has 0 bridgehead atoms. The second-order valence-electron chi connectivity index (χ2n) is 5.03. The summed E-state index contributed by atoms with van der Waals surface area (Å²) in [6.45, 7) is 5.33. The molecule has 1 unspecified atom stereocenters. The molecule has 0 fully saturated rings. The van der Waals surface area contributed by atoms with Gasteiger partial charge in [0.05, 0.1) is 6.04 Å². The van der Waals surface area contributed by atoms with E-state index in [0.717, 1.165) is 24.3 Å². The molecule has 2 aromatic carbocycles. The van der Waals surface area contributed by atoms with Gasteiger partial charge in [0.25, 0.3) is 0 Å². The van der Waals surface area contributed by atoms with Crippen molar-refractivity contribution < 1.29 is 4.42 Å². The maximum atomic E-state index is 6.08. The monoisotopic (exact) mass is 253 g/mol. The van der Waals surface area contributed by atoms with Gasteiger partial charge >= 0.3 is 0 Å². The van der Waals surface area contributed by atoms with Gasteiger partial charge in [-0.15, -0.1) is 0 Å². The molecule has 1 heterocycles. The summed E-state index contributed by atoms with van der Waals surface area (Å²) in [4.78, 5) is 0. The van der Waals surface area contributed by atoms with Gasteiger partial charge in [-0.25, -0.2) is 0 Å². The number of nitrogens with one attached hydrogen (secondary N) is 1. The first kappa shape index (κ1) is 12.2. The molecule has 3 rings (SSSR count). The van der Waals surface area contributed by atoms with Gasteiger partial charge < -0.3 is 9.73 Å². The number of fused-ring (bicyclic) bond motifs is 3. The van der Waals surface area contributed by atoms with Gasteiger partial charge in [-0.1, -0.05) is 43.3 Å². The van der Waals surface area contributed by atoms with Gasteiger partial charge in [-0.3, -0.25) is 0 Å². The zero-order valence-electron chi connectivity index (χ0n) is 11.4. The molecule has 0 saturated carbocycles. The molecule has 19 heavy (non-hydrogen) atoms. The molecule has 0 amide bonds. The Hall–Kier alpha value is -1.80. The summed E-state index contributed by atoms with van der Waals surface area (Å²) in [5.41, 5.74) is 0.998. The molecule has 0 aliphatic heterocycles. The molecule has 0 saturated heterocycles. The smallest absolute Gasteiger partial charge is 0.142 e. The molecule has 0 aliphatic carbocycles. The molecule has 3 aromatic rings. The topological polar surface area (TPSA) is 25.2 Å². The molecular formula is C17H19NO. The summed E-state index contributed by atoms with van der Waals surface area (Å²) in [7, 11) is 0. The van der Waals surface area contributed by atoms with Crippen molar-refractivity contribution >= 4 is 21.7 Å². The lowest BCUT2D eigenvalue weighted by Crippen LogP contribution is -2.18. The van der Waals surface area contributed by atoms with Crippen LogP contribution in [-0.2, 0) is 0 Å². The van der Waals surface area contributed by atoms with Crippen LogP contribution in [0.25, 0.3) is 21.7 Å². The zero-order chi connectivity index (χ0) is 13.2. The van der Waals surface area contributed by atoms with Crippen LogP contribution in [0.4, 0.5) is 0 Å². The Labute approximate surface area is 113 Å². The van der Waals surface area contributed by atoms with Crippen LogP contribution < -0.4 is 5.32 Å². The maximum absolute atomic E-state index is 6.08. The lowest BCUT2D eigenvalue weighted by molar-refractivity contribution is 0.453. The summed E-state index contributed by atoms with van der Waals surface area (Å²) in [5, 5.41) is 7.06. The molecule has 0 radical (unpaired) electrons. The van der Waals surface area contributed by atoms with Crippen molar-refractivity contribution in [3.8, 4) is 0 Å². The van der Waals surface area contributed by atoms with Crippen LogP contribution in [-0.4, -0.2) is 6.54 Å². The van der Waals surface area contributed by atoms with Crippen molar-refractivity contribution in [3.05, 3.63) is 48.2 Å². The van der Waals surface area contributed by atoms with Crippen LogP contribution >= 0.6 is 0 Å². The van der Waals surface area contributed by atoms with Crippen LogP contribution in [0.2, 0.25) is 0 Å². The Morgan fingerprint density at radius 3 is 2.74 bits per heavy atom. The SMILES string of the molecule is CCCNC(C)c1cc2ccc3ccccc3c2o1. The first-order valence-corrected chi connectivity index (χ1v) is 6.94. The van der Waals surface area contributed by atoms with Crippen molar-refractivity contribution in [3.63, 3.8) is 0 Å². The van der Waals surface area contributed by atoms with Gasteiger partial charge in [0.2, 0.25) is 0 Å². The number of rotatable bonds is 4. The Bertz CT molecular complexity index is 699. The predicted molar refractivity (Wildman–Crippen MR) is 80.4 cm³/mol. The van der Waals surface area contributed by atoms with Crippen LogP contribution in [0.3, 0.4) is 0 Å². The molecule has 98 valence electrons. The number of benzene rings is 2. The second kappa shape index (κ2) is 5.06. The summed E-state index contributed by atoms with van der Waals surface area (Å²) >= 11 is 0. The lowest BCUT2D eigenvalue weighted by Gasteiger charge is -2.09. The summed E-state index contributed by atoms with van der Waals surface area (Å²) in [6.07, 6.45) is 1.13. The first-order valence-electron chi connectivity index (χ1n) is 6.94. The van der Waals surface area contributed by atoms with E-state index in [1.807, 2.05) is 0 Å². The van der Waals surface area contributed by atoms with Crippen molar-refractivity contribution in [2.24, 2.45) is 0 Å². The van der Waals surface area contributed by atoms with Gasteiger partial charge in [0, 0.05) is 10.8 Å². The highest BCUT2D eigenvalue weighted by Gasteiger charge is 2.12. The molecule has 2 heteroatoms. The zero-order valence-corrected chi connectivity index (χ0v) is 11.4. The van der Waals surface area contributed by atoms with Crippen molar-refractivity contribution in [2.75, 3.05) is 6.54 Å². The minimum Gasteiger partial charge on any atom is -0.459 e. The fraction of sp³-hybridized carbons (Fsp3) is 0.294. The third kappa shape index (κ3) is 2.24. The van der Waals surface area contributed by atoms with Crippen LogP contribution in [0.1, 0.15) is 32.1 Å². The van der Waals surface area contributed by atoms with E-state index in [1.165, 1.54) is 16.2 Å². The van der Waals surface area contributed by atoms with E-state index in [-0.39, 0.29) is 6.04 Å². The molecule has 0 spiro atoms. The number of hydrogen-bond donors (Lipinski definition) is 1. The highest BCUT2D eigenvalue weighted by molar-refractivity contribution is 6.04. The first-order chi connectivity index (χ1) is 9.29.